The van der Waals surface area contributed by atoms with Gasteiger partial charge in [-0.3, -0.25) is 9.59 Å². The number of amides is 2. The van der Waals surface area contributed by atoms with Crippen LogP contribution >= 0.6 is 11.8 Å². The molecule has 1 saturated heterocycles. The Morgan fingerprint density at radius 1 is 1.21 bits per heavy atom. The standard InChI is InChI=1S/C21H22N2O5S/c1-14(24)23-17(13-29-20(23)18-9-5-11-27-18)21(26)28-12-19(25)22-10-4-7-15-6-2-3-8-16(15)22/h2-3,5-6,8-9,11,17,20H,4,7,10,12-13H2,1H3/t17-,20+/m0/s1. The molecule has 1 fully saturated rings. The lowest BCUT2D eigenvalue weighted by Gasteiger charge is -2.30. The van der Waals surface area contributed by atoms with E-state index in [1.54, 1.807) is 17.0 Å². The summed E-state index contributed by atoms with van der Waals surface area (Å²) in [7, 11) is 0. The van der Waals surface area contributed by atoms with Gasteiger partial charge in [-0.1, -0.05) is 18.2 Å². The van der Waals surface area contributed by atoms with E-state index in [0.717, 1.165) is 24.1 Å². The van der Waals surface area contributed by atoms with Gasteiger partial charge in [0.1, 0.15) is 17.2 Å². The molecule has 8 heteroatoms. The predicted molar refractivity (Wildman–Crippen MR) is 108 cm³/mol. The molecule has 0 bridgehead atoms. The molecule has 29 heavy (non-hydrogen) atoms. The van der Waals surface area contributed by atoms with Gasteiger partial charge < -0.3 is 19.0 Å². The van der Waals surface area contributed by atoms with Gasteiger partial charge in [-0.25, -0.2) is 4.79 Å². The fraction of sp³-hybridized carbons (Fsp3) is 0.381. The predicted octanol–water partition coefficient (Wildman–Crippen LogP) is 2.76. The van der Waals surface area contributed by atoms with Gasteiger partial charge in [-0.2, -0.15) is 0 Å². The maximum Gasteiger partial charge on any atom is 0.330 e. The number of rotatable bonds is 4. The molecule has 3 heterocycles. The number of furan rings is 1. The summed E-state index contributed by atoms with van der Waals surface area (Å²) in [6.45, 7) is 1.68. The summed E-state index contributed by atoms with van der Waals surface area (Å²) in [6.07, 6.45) is 3.34. The van der Waals surface area contributed by atoms with E-state index < -0.39 is 12.0 Å². The molecular weight excluding hydrogens is 392 g/mol. The molecule has 2 aromatic rings. The van der Waals surface area contributed by atoms with E-state index >= 15 is 0 Å². The molecule has 1 aromatic heterocycles. The second-order valence-corrected chi connectivity index (χ2v) is 8.14. The monoisotopic (exact) mass is 414 g/mol. The smallest absolute Gasteiger partial charge is 0.330 e. The number of thioether (sulfide) groups is 1. The van der Waals surface area contributed by atoms with Crippen LogP contribution in [-0.2, 0) is 25.5 Å². The van der Waals surface area contributed by atoms with Crippen LogP contribution in [0.2, 0.25) is 0 Å². The SMILES string of the molecule is CC(=O)N1[C@@H](c2ccco2)SC[C@H]1C(=O)OCC(=O)N1CCCc2ccccc21. The lowest BCUT2D eigenvalue weighted by molar-refractivity contribution is -0.155. The van der Waals surface area contributed by atoms with E-state index in [0.29, 0.717) is 18.1 Å². The Bertz CT molecular complexity index is 914. The minimum Gasteiger partial charge on any atom is -0.466 e. The Morgan fingerprint density at radius 2 is 2.03 bits per heavy atom. The zero-order chi connectivity index (χ0) is 20.4. The van der Waals surface area contributed by atoms with Gasteiger partial charge >= 0.3 is 5.97 Å². The second-order valence-electron chi connectivity index (χ2n) is 7.03. The van der Waals surface area contributed by atoms with Crippen LogP contribution in [0.15, 0.2) is 47.1 Å². The highest BCUT2D eigenvalue weighted by atomic mass is 32.2. The van der Waals surface area contributed by atoms with E-state index in [-0.39, 0.29) is 23.8 Å². The average Bonchev–Trinajstić information content (AvgIpc) is 3.40. The first kappa shape index (κ1) is 19.6. The van der Waals surface area contributed by atoms with E-state index in [9.17, 15) is 14.4 Å². The van der Waals surface area contributed by atoms with Gasteiger partial charge in [-0.05, 0) is 36.6 Å². The first-order valence-corrected chi connectivity index (χ1v) is 10.6. The molecule has 0 saturated carbocycles. The third-order valence-corrected chi connectivity index (χ3v) is 6.46. The Labute approximate surface area is 173 Å². The molecule has 2 aliphatic rings. The van der Waals surface area contributed by atoms with Gasteiger partial charge in [0.2, 0.25) is 5.91 Å². The van der Waals surface area contributed by atoms with Crippen LogP contribution < -0.4 is 4.90 Å². The van der Waals surface area contributed by atoms with Crippen LogP contribution in [0.4, 0.5) is 5.69 Å². The number of ether oxygens (including phenoxy) is 1. The number of aryl methyl sites for hydroxylation is 1. The number of hydrogen-bond acceptors (Lipinski definition) is 6. The van der Waals surface area contributed by atoms with Crippen LogP contribution in [0.25, 0.3) is 0 Å². The number of anilines is 1. The summed E-state index contributed by atoms with van der Waals surface area (Å²) in [5.41, 5.74) is 1.99. The Morgan fingerprint density at radius 3 is 2.79 bits per heavy atom. The number of fused-ring (bicyclic) bond motifs is 1. The lowest BCUT2D eigenvalue weighted by atomic mass is 10.0. The minimum absolute atomic E-state index is 0.241. The molecule has 0 radical (unpaired) electrons. The number of para-hydroxylation sites is 1. The first-order chi connectivity index (χ1) is 14.1. The van der Waals surface area contributed by atoms with Crippen molar-refractivity contribution in [2.24, 2.45) is 0 Å². The van der Waals surface area contributed by atoms with Crippen molar-refractivity contribution in [1.82, 2.24) is 4.90 Å². The summed E-state index contributed by atoms with van der Waals surface area (Å²) in [5.74, 6) is -0.0607. The molecule has 0 N–H and O–H groups in total. The molecule has 2 amide bonds. The number of carbonyl (C=O) groups is 3. The lowest BCUT2D eigenvalue weighted by Crippen LogP contribution is -2.44. The van der Waals surface area contributed by atoms with E-state index in [2.05, 4.69) is 0 Å². The Balaban J connectivity index is 1.41. The molecule has 152 valence electrons. The Hall–Kier alpha value is -2.74. The number of carbonyl (C=O) groups excluding carboxylic acids is 3. The van der Waals surface area contributed by atoms with Crippen molar-refractivity contribution in [3.63, 3.8) is 0 Å². The fourth-order valence-electron chi connectivity index (χ4n) is 3.82. The number of esters is 1. The molecule has 2 aliphatic heterocycles. The van der Waals surface area contributed by atoms with Crippen molar-refractivity contribution in [3.05, 3.63) is 54.0 Å². The van der Waals surface area contributed by atoms with Crippen LogP contribution in [-0.4, -0.2) is 47.6 Å². The van der Waals surface area contributed by atoms with Crippen molar-refractivity contribution < 1.29 is 23.5 Å². The van der Waals surface area contributed by atoms with Crippen molar-refractivity contribution in [2.45, 2.75) is 31.2 Å². The molecule has 2 atom stereocenters. The average molecular weight is 414 g/mol. The van der Waals surface area contributed by atoms with Crippen molar-refractivity contribution in [1.29, 1.82) is 0 Å². The fourth-order valence-corrected chi connectivity index (χ4v) is 5.24. The molecule has 0 spiro atoms. The zero-order valence-corrected chi connectivity index (χ0v) is 16.9. The molecule has 7 nitrogen and oxygen atoms in total. The van der Waals surface area contributed by atoms with Gasteiger partial charge in [-0.15, -0.1) is 11.8 Å². The van der Waals surface area contributed by atoms with Crippen molar-refractivity contribution in [2.75, 3.05) is 23.8 Å². The summed E-state index contributed by atoms with van der Waals surface area (Å²) >= 11 is 1.44. The van der Waals surface area contributed by atoms with Gasteiger partial charge in [0.05, 0.1) is 6.26 Å². The molecule has 4 rings (SSSR count). The third kappa shape index (κ3) is 3.89. The van der Waals surface area contributed by atoms with Crippen LogP contribution in [0, 0.1) is 0 Å². The largest absolute Gasteiger partial charge is 0.466 e. The highest BCUT2D eigenvalue weighted by Crippen LogP contribution is 2.41. The van der Waals surface area contributed by atoms with Crippen LogP contribution in [0.5, 0.6) is 0 Å². The summed E-state index contributed by atoms with van der Waals surface area (Å²) in [5, 5.41) is -0.371. The highest BCUT2D eigenvalue weighted by Gasteiger charge is 2.43. The van der Waals surface area contributed by atoms with Crippen LogP contribution in [0.3, 0.4) is 0 Å². The topological polar surface area (TPSA) is 80.1 Å². The zero-order valence-electron chi connectivity index (χ0n) is 16.1. The van der Waals surface area contributed by atoms with Gasteiger partial charge in [0.25, 0.3) is 5.91 Å². The van der Waals surface area contributed by atoms with E-state index in [1.807, 2.05) is 24.3 Å². The molecule has 0 aliphatic carbocycles. The normalized spacial score (nSPS) is 21.0. The van der Waals surface area contributed by atoms with Crippen LogP contribution in [0.1, 0.15) is 30.0 Å². The quantitative estimate of drug-likeness (QED) is 0.716. The molecule has 1 aromatic carbocycles. The van der Waals surface area contributed by atoms with E-state index in [1.165, 1.54) is 29.8 Å². The molecular formula is C21H22N2O5S. The number of hydrogen-bond donors (Lipinski definition) is 0. The van der Waals surface area contributed by atoms with Gasteiger partial charge in [0, 0.05) is 24.9 Å². The first-order valence-electron chi connectivity index (χ1n) is 9.55. The maximum atomic E-state index is 12.7. The van der Waals surface area contributed by atoms with Crippen molar-refractivity contribution >= 4 is 35.2 Å². The van der Waals surface area contributed by atoms with Crippen molar-refractivity contribution in [3.8, 4) is 0 Å². The summed E-state index contributed by atoms with van der Waals surface area (Å²) in [6, 6.07) is 10.5. The van der Waals surface area contributed by atoms with E-state index in [4.69, 9.17) is 9.15 Å². The number of benzene rings is 1. The second kappa shape index (κ2) is 8.32. The highest BCUT2D eigenvalue weighted by molar-refractivity contribution is 7.99. The minimum atomic E-state index is -0.742. The van der Waals surface area contributed by atoms with Gasteiger partial charge in [0.15, 0.2) is 6.61 Å². The summed E-state index contributed by atoms with van der Waals surface area (Å²) < 4.78 is 10.7. The maximum absolute atomic E-state index is 12.7. The molecule has 0 unspecified atom stereocenters. The number of nitrogens with zero attached hydrogens (tertiary/aromatic N) is 2. The third-order valence-electron chi connectivity index (χ3n) is 5.17. The Kier molecular flexibility index (Phi) is 5.62. The summed E-state index contributed by atoms with van der Waals surface area (Å²) in [4.78, 5) is 40.7.